The largest absolute Gasteiger partial charge is 0.469 e. The van der Waals surface area contributed by atoms with E-state index in [0.29, 0.717) is 51.0 Å². The van der Waals surface area contributed by atoms with Gasteiger partial charge in [0.2, 0.25) is 0 Å². The summed E-state index contributed by atoms with van der Waals surface area (Å²) in [6.07, 6.45) is -0.495. The number of halogens is 4. The third kappa shape index (κ3) is 7.38. The third-order valence-corrected chi connectivity index (χ3v) is 8.22. The molecular formula is C30H36F4N6O3. The van der Waals surface area contributed by atoms with E-state index < -0.39 is 41.5 Å². The lowest BCUT2D eigenvalue weighted by Gasteiger charge is -2.35. The van der Waals surface area contributed by atoms with Crippen LogP contribution >= 0.6 is 0 Å². The minimum atomic E-state index is -4.68. The zero-order valence-electron chi connectivity index (χ0n) is 24.0. The van der Waals surface area contributed by atoms with Crippen LogP contribution in [0.2, 0.25) is 0 Å². The normalized spacial score (nSPS) is 20.3. The third-order valence-electron chi connectivity index (χ3n) is 8.22. The number of nitrogens with one attached hydrogen (secondary N) is 2. The Kier molecular flexibility index (Phi) is 9.38. The molecule has 3 aliphatic heterocycles. The molecule has 2 aromatic rings. The summed E-state index contributed by atoms with van der Waals surface area (Å²) in [5.74, 6) is -1.00. The van der Waals surface area contributed by atoms with Crippen molar-refractivity contribution in [1.29, 1.82) is 0 Å². The number of likely N-dealkylation sites (tertiary alicyclic amines) is 1. The van der Waals surface area contributed by atoms with Gasteiger partial charge < -0.3 is 25.2 Å². The van der Waals surface area contributed by atoms with Crippen molar-refractivity contribution in [3.63, 3.8) is 0 Å². The van der Waals surface area contributed by atoms with Crippen molar-refractivity contribution in [2.45, 2.75) is 51.4 Å². The molecule has 2 N–H and O–H groups in total. The van der Waals surface area contributed by atoms with Gasteiger partial charge in [-0.1, -0.05) is 31.9 Å². The molecule has 43 heavy (non-hydrogen) atoms. The second kappa shape index (κ2) is 13.2. The number of urea groups is 1. The maximum Gasteiger partial charge on any atom is 0.416 e. The topological polar surface area (TPSA) is 90.0 Å². The zero-order chi connectivity index (χ0) is 30.6. The Labute approximate surface area is 247 Å². The lowest BCUT2D eigenvalue weighted by Crippen LogP contribution is -2.50. The van der Waals surface area contributed by atoms with Crippen LogP contribution in [-0.4, -0.2) is 78.4 Å². The number of alkyl halides is 3. The predicted molar refractivity (Wildman–Crippen MR) is 154 cm³/mol. The summed E-state index contributed by atoms with van der Waals surface area (Å²) in [5.41, 5.74) is -0.608. The van der Waals surface area contributed by atoms with Crippen LogP contribution in [0.3, 0.4) is 0 Å². The van der Waals surface area contributed by atoms with Crippen molar-refractivity contribution in [1.82, 2.24) is 14.8 Å². The molecule has 2 saturated heterocycles. The molecule has 4 heterocycles. The molecule has 5 rings (SSSR count). The van der Waals surface area contributed by atoms with Crippen molar-refractivity contribution in [2.75, 3.05) is 54.8 Å². The summed E-state index contributed by atoms with van der Waals surface area (Å²) >= 11 is 0. The molecule has 0 aliphatic carbocycles. The number of pyridine rings is 1. The quantitative estimate of drug-likeness (QED) is 0.401. The Bertz CT molecular complexity index is 1320. The van der Waals surface area contributed by atoms with Gasteiger partial charge in [0.25, 0.3) is 5.91 Å². The number of amides is 3. The summed E-state index contributed by atoms with van der Waals surface area (Å²) in [4.78, 5) is 35.3. The number of hydrogen-bond donors (Lipinski definition) is 2. The van der Waals surface area contributed by atoms with Crippen LogP contribution in [0.25, 0.3) is 0 Å². The lowest BCUT2D eigenvalue weighted by molar-refractivity contribution is -0.119. The van der Waals surface area contributed by atoms with Gasteiger partial charge in [0.1, 0.15) is 11.6 Å². The maximum absolute atomic E-state index is 13.9. The highest BCUT2D eigenvalue weighted by atomic mass is 19.4. The number of nitrogens with zero attached hydrogens (tertiary/aromatic N) is 4. The minimum Gasteiger partial charge on any atom is -0.469 e. The fourth-order valence-corrected chi connectivity index (χ4v) is 5.82. The number of rotatable bonds is 7. The Hall–Kier alpha value is -3.87. The van der Waals surface area contributed by atoms with Crippen LogP contribution in [0.4, 0.5) is 39.5 Å². The van der Waals surface area contributed by atoms with Crippen molar-refractivity contribution >= 4 is 29.1 Å². The van der Waals surface area contributed by atoms with Crippen molar-refractivity contribution in [3.05, 3.63) is 59.7 Å². The van der Waals surface area contributed by atoms with Crippen LogP contribution in [0.15, 0.2) is 53.9 Å². The number of carbonyl (C=O) groups is 2. The van der Waals surface area contributed by atoms with Crippen molar-refractivity contribution < 1.29 is 31.9 Å². The molecule has 1 aromatic carbocycles. The minimum absolute atomic E-state index is 0.109. The smallest absolute Gasteiger partial charge is 0.416 e. The monoisotopic (exact) mass is 604 g/mol. The summed E-state index contributed by atoms with van der Waals surface area (Å²) in [5, 5.41) is 5.07. The van der Waals surface area contributed by atoms with Gasteiger partial charge >= 0.3 is 12.2 Å². The van der Waals surface area contributed by atoms with E-state index in [9.17, 15) is 27.2 Å². The number of hydrogen-bond acceptors (Lipinski definition) is 6. The number of anilines is 3. The lowest BCUT2D eigenvalue weighted by atomic mass is 9.92. The molecule has 0 bridgehead atoms. The zero-order valence-corrected chi connectivity index (χ0v) is 24.0. The van der Waals surface area contributed by atoms with Crippen molar-refractivity contribution in [2.24, 2.45) is 5.92 Å². The predicted octanol–water partition coefficient (Wildman–Crippen LogP) is 5.59. The van der Waals surface area contributed by atoms with Gasteiger partial charge in [-0.2, -0.15) is 13.2 Å². The number of piperidine rings is 1. The average molecular weight is 605 g/mol. The summed E-state index contributed by atoms with van der Waals surface area (Å²) < 4.78 is 61.1. The molecule has 3 aliphatic rings. The Morgan fingerprint density at radius 2 is 1.72 bits per heavy atom. The van der Waals surface area contributed by atoms with E-state index >= 15 is 0 Å². The van der Waals surface area contributed by atoms with Crippen molar-refractivity contribution in [3.8, 4) is 0 Å². The Morgan fingerprint density at radius 1 is 1.00 bits per heavy atom. The van der Waals surface area contributed by atoms with Gasteiger partial charge in [-0.25, -0.2) is 14.2 Å². The van der Waals surface area contributed by atoms with Crippen LogP contribution in [-0.2, 0) is 9.53 Å². The maximum atomic E-state index is 13.9. The molecule has 2 fully saturated rings. The molecule has 3 amide bonds. The van der Waals surface area contributed by atoms with E-state index in [1.54, 1.807) is 29.2 Å². The second-order valence-corrected chi connectivity index (χ2v) is 11.1. The fraction of sp³-hybridized carbons (Fsp3) is 0.500. The number of ether oxygens (including phenoxy) is 1. The van der Waals surface area contributed by atoms with E-state index in [1.165, 1.54) is 18.3 Å². The number of carbonyl (C=O) groups excluding carboxylic acids is 2. The summed E-state index contributed by atoms with van der Waals surface area (Å²) in [6, 6.07) is 8.76. The number of piperazine rings is 1. The van der Waals surface area contributed by atoms with Gasteiger partial charge in [0, 0.05) is 45.7 Å². The second-order valence-electron chi connectivity index (χ2n) is 11.1. The van der Waals surface area contributed by atoms with E-state index in [4.69, 9.17) is 4.74 Å². The molecular weight excluding hydrogens is 568 g/mol. The highest BCUT2D eigenvalue weighted by Gasteiger charge is 2.47. The first-order valence-electron chi connectivity index (χ1n) is 14.7. The summed E-state index contributed by atoms with van der Waals surface area (Å²) in [7, 11) is 0. The number of aromatic nitrogens is 1. The SMILES string of the molecule is CCCC1CCN(C2CC(C(F)(F)F)=C(C(=O)Nc3ccc(N4CCN(C(=O)Nc5ccccc5F)CC4)nc3)O2)CC1. The summed E-state index contributed by atoms with van der Waals surface area (Å²) in [6.45, 7) is 5.11. The molecule has 232 valence electrons. The standard InChI is InChI=1S/C30H36F4N6O3/c1-2-5-20-10-12-39(13-11-20)26-18-22(30(32,33)34)27(43-26)28(41)36-21-8-9-25(35-19-21)38-14-16-40(17-15-38)29(42)37-24-7-4-3-6-23(24)31/h3-4,6-9,19-20,26H,2,5,10-18H2,1H3,(H,36,41)(H,37,42). The first-order valence-corrected chi connectivity index (χ1v) is 14.7. The van der Waals surface area contributed by atoms with E-state index in [1.807, 2.05) is 9.80 Å². The first-order chi connectivity index (χ1) is 20.6. The fourth-order valence-electron chi connectivity index (χ4n) is 5.82. The molecule has 13 heteroatoms. The van der Waals surface area contributed by atoms with Gasteiger partial charge in [0.15, 0.2) is 12.0 Å². The van der Waals surface area contributed by atoms with Gasteiger partial charge in [0.05, 0.1) is 23.1 Å². The molecule has 9 nitrogen and oxygen atoms in total. The molecule has 1 atom stereocenters. The van der Waals surface area contributed by atoms with Gasteiger partial charge in [-0.05, 0) is 43.0 Å². The van der Waals surface area contributed by atoms with Gasteiger partial charge in [-0.3, -0.25) is 9.69 Å². The molecule has 0 spiro atoms. The highest BCUT2D eigenvalue weighted by Crippen LogP contribution is 2.40. The van der Waals surface area contributed by atoms with Gasteiger partial charge in [-0.15, -0.1) is 0 Å². The number of para-hydroxylation sites is 1. The number of benzene rings is 1. The molecule has 0 saturated carbocycles. The molecule has 1 unspecified atom stereocenters. The Balaban J connectivity index is 1.15. The van der Waals surface area contributed by atoms with E-state index in [2.05, 4.69) is 22.5 Å². The average Bonchev–Trinajstić information content (AvgIpc) is 3.46. The first kappa shape index (κ1) is 30.6. The molecule has 1 aromatic heterocycles. The highest BCUT2D eigenvalue weighted by molar-refractivity contribution is 6.03. The molecule has 0 radical (unpaired) electrons. The van der Waals surface area contributed by atoms with Crippen LogP contribution < -0.4 is 15.5 Å². The van der Waals surface area contributed by atoms with Crippen LogP contribution in [0.1, 0.15) is 39.0 Å². The Morgan fingerprint density at radius 3 is 2.35 bits per heavy atom. The van der Waals surface area contributed by atoms with Crippen LogP contribution in [0, 0.1) is 11.7 Å². The van der Waals surface area contributed by atoms with E-state index in [-0.39, 0.29) is 17.8 Å². The van der Waals surface area contributed by atoms with E-state index in [0.717, 1.165) is 25.7 Å². The van der Waals surface area contributed by atoms with Crippen LogP contribution in [0.5, 0.6) is 0 Å².